The van der Waals surface area contributed by atoms with Crippen molar-refractivity contribution in [2.45, 2.75) is 38.6 Å². The zero-order valence-electron chi connectivity index (χ0n) is 13.5. The van der Waals surface area contributed by atoms with E-state index in [4.69, 9.17) is 9.84 Å². The van der Waals surface area contributed by atoms with E-state index in [2.05, 4.69) is 15.2 Å². The van der Waals surface area contributed by atoms with Crippen molar-refractivity contribution in [3.63, 3.8) is 0 Å². The van der Waals surface area contributed by atoms with Gasteiger partial charge in [0.15, 0.2) is 5.13 Å². The van der Waals surface area contributed by atoms with Crippen molar-refractivity contribution in [1.82, 2.24) is 9.88 Å². The van der Waals surface area contributed by atoms with Crippen molar-refractivity contribution in [2.24, 2.45) is 0 Å². The van der Waals surface area contributed by atoms with Gasteiger partial charge in [-0.1, -0.05) is 17.8 Å². The molecule has 1 aromatic heterocycles. The molecular weight excluding hydrogens is 318 g/mol. The highest BCUT2D eigenvalue weighted by molar-refractivity contribution is 7.17. The van der Waals surface area contributed by atoms with Crippen molar-refractivity contribution in [1.29, 1.82) is 0 Å². The Bertz CT molecular complexity index is 561. The number of nitrogens with one attached hydrogen (secondary N) is 1. The fourth-order valence-electron chi connectivity index (χ4n) is 2.84. The Hall–Kier alpha value is -1.51. The predicted molar refractivity (Wildman–Crippen MR) is 88.1 cm³/mol. The molecule has 1 saturated heterocycles. The van der Waals surface area contributed by atoms with Gasteiger partial charge in [0.2, 0.25) is 5.91 Å². The zero-order chi connectivity index (χ0) is 16.8. The Morgan fingerprint density at radius 3 is 2.91 bits per heavy atom. The molecule has 2 rings (SSSR count). The van der Waals surface area contributed by atoms with Gasteiger partial charge >= 0.3 is 5.97 Å². The first-order valence-electron chi connectivity index (χ1n) is 7.74. The molecule has 0 radical (unpaired) electrons. The Morgan fingerprint density at radius 2 is 2.26 bits per heavy atom. The number of piperidine rings is 1. The number of ether oxygens (including phenoxy) is 1. The minimum atomic E-state index is -1.02. The van der Waals surface area contributed by atoms with Crippen LogP contribution in [-0.4, -0.2) is 59.7 Å². The lowest BCUT2D eigenvalue weighted by atomic mass is 9.99. The maximum Gasteiger partial charge on any atom is 0.347 e. The summed E-state index contributed by atoms with van der Waals surface area (Å²) in [6.45, 7) is 3.52. The molecule has 1 aliphatic heterocycles. The Balaban J connectivity index is 1.92. The summed E-state index contributed by atoms with van der Waals surface area (Å²) in [6, 6.07) is 0.363. The molecule has 1 fully saturated rings. The summed E-state index contributed by atoms with van der Waals surface area (Å²) < 4.78 is 5.14. The van der Waals surface area contributed by atoms with Crippen LogP contribution in [0.2, 0.25) is 0 Å². The van der Waals surface area contributed by atoms with Crippen molar-refractivity contribution in [3.05, 3.63) is 10.6 Å². The quantitative estimate of drug-likeness (QED) is 0.788. The highest BCUT2D eigenvalue weighted by Crippen LogP contribution is 2.23. The molecule has 0 spiro atoms. The molecular formula is C15H23N3O4S. The number of aromatic nitrogens is 1. The van der Waals surface area contributed by atoms with E-state index in [-0.39, 0.29) is 10.8 Å². The molecule has 0 bridgehead atoms. The average molecular weight is 341 g/mol. The summed E-state index contributed by atoms with van der Waals surface area (Å²) >= 11 is 0.992. The number of carboxylic acids is 1. The van der Waals surface area contributed by atoms with Gasteiger partial charge in [0, 0.05) is 19.8 Å². The van der Waals surface area contributed by atoms with Gasteiger partial charge in [-0.05, 0) is 32.7 Å². The summed E-state index contributed by atoms with van der Waals surface area (Å²) in [5.41, 5.74) is 0.425. The molecule has 0 aliphatic carbocycles. The second kappa shape index (κ2) is 8.37. The van der Waals surface area contributed by atoms with E-state index in [1.807, 2.05) is 0 Å². The topological polar surface area (TPSA) is 91.8 Å². The van der Waals surface area contributed by atoms with Gasteiger partial charge in [-0.25, -0.2) is 9.78 Å². The lowest BCUT2D eigenvalue weighted by Gasteiger charge is -2.35. The molecule has 2 N–H and O–H groups in total. The van der Waals surface area contributed by atoms with Gasteiger partial charge in [-0.3, -0.25) is 9.69 Å². The normalized spacial score (nSPS) is 18.8. The number of likely N-dealkylation sites (tertiary alicyclic amines) is 1. The highest BCUT2D eigenvalue weighted by atomic mass is 32.1. The summed E-state index contributed by atoms with van der Waals surface area (Å²) in [5, 5.41) is 12.1. The lowest BCUT2D eigenvalue weighted by Crippen LogP contribution is -2.44. The third-order valence-electron chi connectivity index (χ3n) is 3.99. The molecule has 0 saturated carbocycles. The molecule has 1 aliphatic rings. The number of nitrogens with zero attached hydrogens (tertiary/aromatic N) is 2. The molecule has 8 heteroatoms. The number of methoxy groups -OCH3 is 1. The molecule has 0 aromatic carbocycles. The standard InChI is InChI=1S/C15H23N3O4S/c1-10-13(14(20)21)23-15(16-10)17-12(19)9-18-7-4-3-5-11(18)6-8-22-2/h11H,3-9H2,1-2H3,(H,20,21)(H,16,17,19). The first-order valence-corrected chi connectivity index (χ1v) is 8.56. The SMILES string of the molecule is COCCC1CCCCN1CC(=O)Nc1nc(C)c(C(=O)O)s1. The van der Waals surface area contributed by atoms with E-state index in [1.54, 1.807) is 14.0 Å². The van der Waals surface area contributed by atoms with Gasteiger partial charge in [-0.15, -0.1) is 0 Å². The molecule has 1 atom stereocenters. The number of carbonyl (C=O) groups excluding carboxylic acids is 1. The van der Waals surface area contributed by atoms with Crippen LogP contribution in [0.25, 0.3) is 0 Å². The van der Waals surface area contributed by atoms with Crippen molar-refractivity contribution >= 4 is 28.3 Å². The fraction of sp³-hybridized carbons (Fsp3) is 0.667. The van der Waals surface area contributed by atoms with Crippen LogP contribution in [0.5, 0.6) is 0 Å². The number of amides is 1. The van der Waals surface area contributed by atoms with Gasteiger partial charge < -0.3 is 15.2 Å². The van der Waals surface area contributed by atoms with Crippen molar-refractivity contribution in [2.75, 3.05) is 32.1 Å². The maximum atomic E-state index is 12.2. The predicted octanol–water partition coefficient (Wildman–Crippen LogP) is 1.98. The number of hydrogen-bond acceptors (Lipinski definition) is 6. The van der Waals surface area contributed by atoms with E-state index in [0.717, 1.165) is 37.1 Å². The number of carbonyl (C=O) groups is 2. The zero-order valence-corrected chi connectivity index (χ0v) is 14.3. The number of hydrogen-bond donors (Lipinski definition) is 2. The van der Waals surface area contributed by atoms with Crippen LogP contribution in [-0.2, 0) is 9.53 Å². The molecule has 1 unspecified atom stereocenters. The minimum absolute atomic E-state index is 0.153. The third kappa shape index (κ3) is 4.98. The van der Waals surface area contributed by atoms with E-state index in [0.29, 0.717) is 30.0 Å². The molecule has 1 aromatic rings. The number of rotatable bonds is 7. The Labute approximate surface area is 139 Å². The van der Waals surface area contributed by atoms with Gasteiger partial charge in [-0.2, -0.15) is 0 Å². The number of aryl methyl sites for hydroxylation is 1. The molecule has 2 heterocycles. The van der Waals surface area contributed by atoms with Crippen LogP contribution in [0.4, 0.5) is 5.13 Å². The summed E-state index contributed by atoms with van der Waals surface area (Å²) in [5.74, 6) is -1.17. The first kappa shape index (κ1) is 17.8. The van der Waals surface area contributed by atoms with Crippen LogP contribution in [0.3, 0.4) is 0 Å². The second-order valence-corrected chi connectivity index (χ2v) is 6.69. The third-order valence-corrected chi connectivity index (χ3v) is 5.05. The van der Waals surface area contributed by atoms with Crippen LogP contribution < -0.4 is 5.32 Å². The summed E-state index contributed by atoms with van der Waals surface area (Å²) in [7, 11) is 1.69. The molecule has 1 amide bonds. The van der Waals surface area contributed by atoms with E-state index in [9.17, 15) is 9.59 Å². The lowest BCUT2D eigenvalue weighted by molar-refractivity contribution is -0.118. The van der Waals surface area contributed by atoms with E-state index < -0.39 is 5.97 Å². The van der Waals surface area contributed by atoms with Gasteiger partial charge in [0.05, 0.1) is 12.2 Å². The highest BCUT2D eigenvalue weighted by Gasteiger charge is 2.24. The average Bonchev–Trinajstić information content (AvgIpc) is 2.87. The number of thiazole rings is 1. The molecule has 7 nitrogen and oxygen atoms in total. The van der Waals surface area contributed by atoms with Crippen LogP contribution >= 0.6 is 11.3 Å². The summed E-state index contributed by atoms with van der Waals surface area (Å²) in [6.07, 6.45) is 4.27. The van der Waals surface area contributed by atoms with E-state index in [1.165, 1.54) is 6.42 Å². The van der Waals surface area contributed by atoms with Crippen LogP contribution in [0.15, 0.2) is 0 Å². The number of anilines is 1. The monoisotopic (exact) mass is 341 g/mol. The largest absolute Gasteiger partial charge is 0.477 e. The van der Waals surface area contributed by atoms with Crippen LogP contribution in [0, 0.1) is 6.92 Å². The number of carboxylic acid groups (broad SMARTS) is 1. The Morgan fingerprint density at radius 1 is 1.48 bits per heavy atom. The van der Waals surface area contributed by atoms with Crippen molar-refractivity contribution < 1.29 is 19.4 Å². The van der Waals surface area contributed by atoms with Gasteiger partial charge in [0.25, 0.3) is 0 Å². The van der Waals surface area contributed by atoms with E-state index >= 15 is 0 Å². The first-order chi connectivity index (χ1) is 11.0. The molecule has 23 heavy (non-hydrogen) atoms. The maximum absolute atomic E-state index is 12.2. The van der Waals surface area contributed by atoms with Crippen LogP contribution in [0.1, 0.15) is 41.0 Å². The number of aromatic carboxylic acids is 1. The summed E-state index contributed by atoms with van der Waals surface area (Å²) in [4.78, 5) is 29.7. The minimum Gasteiger partial charge on any atom is -0.477 e. The fourth-order valence-corrected chi connectivity index (χ4v) is 3.66. The molecule has 128 valence electrons. The van der Waals surface area contributed by atoms with Crippen molar-refractivity contribution in [3.8, 4) is 0 Å². The smallest absolute Gasteiger partial charge is 0.347 e. The second-order valence-electron chi connectivity index (χ2n) is 5.69. The van der Waals surface area contributed by atoms with Gasteiger partial charge in [0.1, 0.15) is 4.88 Å². The Kier molecular flexibility index (Phi) is 6.49.